The summed E-state index contributed by atoms with van der Waals surface area (Å²) in [6, 6.07) is 6.54. The summed E-state index contributed by atoms with van der Waals surface area (Å²) in [4.78, 5) is 17.3. The average molecular weight is 326 g/mol. The second-order valence-corrected chi connectivity index (χ2v) is 8.23. The smallest absolute Gasteiger partial charge is 0.222 e. The molecule has 0 aromatic heterocycles. The van der Waals surface area contributed by atoms with Gasteiger partial charge >= 0.3 is 0 Å². The molecule has 2 saturated carbocycles. The maximum absolute atomic E-state index is 12.7. The molecule has 1 heterocycles. The maximum atomic E-state index is 12.7. The second-order valence-electron chi connectivity index (χ2n) is 8.23. The Labute approximate surface area is 146 Å². The molecule has 2 bridgehead atoms. The Bertz CT molecular complexity index is 618. The first-order chi connectivity index (χ1) is 11.6. The highest BCUT2D eigenvalue weighted by Gasteiger charge is 2.40. The van der Waals surface area contributed by atoms with Gasteiger partial charge in [-0.15, -0.1) is 0 Å². The SMILES string of the molecule is Cc1cccc(N2CCN(C(=O)C[C@H]3C[C@H]4CC[C@@H]3C4)CC2)c1C. The van der Waals surface area contributed by atoms with Crippen molar-refractivity contribution in [3.05, 3.63) is 29.3 Å². The van der Waals surface area contributed by atoms with Gasteiger partial charge in [0.05, 0.1) is 0 Å². The molecular weight excluding hydrogens is 296 g/mol. The third-order valence-electron chi connectivity index (χ3n) is 6.87. The van der Waals surface area contributed by atoms with E-state index in [1.54, 1.807) is 0 Å². The normalized spacial score (nSPS) is 29.3. The van der Waals surface area contributed by atoms with Gasteiger partial charge in [0, 0.05) is 38.3 Å². The van der Waals surface area contributed by atoms with Gasteiger partial charge in [-0.3, -0.25) is 4.79 Å². The number of fused-ring (bicyclic) bond motifs is 2. The Morgan fingerprint density at radius 1 is 1.08 bits per heavy atom. The van der Waals surface area contributed by atoms with Gasteiger partial charge in [-0.2, -0.15) is 0 Å². The third kappa shape index (κ3) is 2.94. The maximum Gasteiger partial charge on any atom is 0.222 e. The number of rotatable bonds is 3. The number of anilines is 1. The minimum atomic E-state index is 0.410. The summed E-state index contributed by atoms with van der Waals surface area (Å²) < 4.78 is 0. The molecule has 2 aliphatic carbocycles. The predicted octanol–water partition coefficient (Wildman–Crippen LogP) is 3.78. The molecule has 24 heavy (non-hydrogen) atoms. The van der Waals surface area contributed by atoms with E-state index < -0.39 is 0 Å². The summed E-state index contributed by atoms with van der Waals surface area (Å²) in [5.74, 6) is 2.89. The van der Waals surface area contributed by atoms with Crippen molar-refractivity contribution in [1.82, 2.24) is 4.90 Å². The van der Waals surface area contributed by atoms with Crippen molar-refractivity contribution in [3.63, 3.8) is 0 Å². The molecule has 0 radical (unpaired) electrons. The molecule has 3 nitrogen and oxygen atoms in total. The van der Waals surface area contributed by atoms with Crippen molar-refractivity contribution in [2.75, 3.05) is 31.1 Å². The Balaban J connectivity index is 1.32. The van der Waals surface area contributed by atoms with Crippen LogP contribution in [0.3, 0.4) is 0 Å². The largest absolute Gasteiger partial charge is 0.368 e. The summed E-state index contributed by atoms with van der Waals surface area (Å²) >= 11 is 0. The van der Waals surface area contributed by atoms with Crippen LogP contribution >= 0.6 is 0 Å². The van der Waals surface area contributed by atoms with Gasteiger partial charge in [-0.25, -0.2) is 0 Å². The molecule has 3 atom stereocenters. The number of hydrogen-bond acceptors (Lipinski definition) is 2. The van der Waals surface area contributed by atoms with Crippen LogP contribution in [0.4, 0.5) is 5.69 Å². The van der Waals surface area contributed by atoms with Crippen LogP contribution in [0.25, 0.3) is 0 Å². The van der Waals surface area contributed by atoms with E-state index in [0.717, 1.165) is 44.4 Å². The lowest BCUT2D eigenvalue weighted by atomic mass is 9.86. The minimum absolute atomic E-state index is 0.410. The zero-order valence-corrected chi connectivity index (χ0v) is 15.1. The van der Waals surface area contributed by atoms with Crippen molar-refractivity contribution in [2.24, 2.45) is 17.8 Å². The van der Waals surface area contributed by atoms with Gasteiger partial charge in [-0.05, 0) is 68.1 Å². The van der Waals surface area contributed by atoms with Crippen molar-refractivity contribution in [1.29, 1.82) is 0 Å². The number of benzene rings is 1. The lowest BCUT2D eigenvalue weighted by Gasteiger charge is -2.37. The Morgan fingerprint density at radius 2 is 1.88 bits per heavy atom. The highest BCUT2D eigenvalue weighted by molar-refractivity contribution is 5.77. The molecule has 3 heteroatoms. The molecule has 130 valence electrons. The fraction of sp³-hybridized carbons (Fsp3) is 0.667. The van der Waals surface area contributed by atoms with Crippen LogP contribution in [0.15, 0.2) is 18.2 Å². The summed E-state index contributed by atoms with van der Waals surface area (Å²) in [5.41, 5.74) is 4.07. The quantitative estimate of drug-likeness (QED) is 0.844. The molecule has 3 fully saturated rings. The highest BCUT2D eigenvalue weighted by atomic mass is 16.2. The number of carbonyl (C=O) groups excluding carboxylic acids is 1. The molecule has 4 rings (SSSR count). The van der Waals surface area contributed by atoms with E-state index in [-0.39, 0.29) is 0 Å². The summed E-state index contributed by atoms with van der Waals surface area (Å²) in [7, 11) is 0. The molecule has 0 spiro atoms. The average Bonchev–Trinajstić information content (AvgIpc) is 3.20. The zero-order valence-electron chi connectivity index (χ0n) is 15.1. The van der Waals surface area contributed by atoms with Crippen molar-refractivity contribution < 1.29 is 4.79 Å². The molecule has 0 N–H and O–H groups in total. The number of carbonyl (C=O) groups is 1. The van der Waals surface area contributed by atoms with Gasteiger partial charge in [-0.1, -0.05) is 18.6 Å². The fourth-order valence-electron chi connectivity index (χ4n) is 5.25. The van der Waals surface area contributed by atoms with E-state index in [2.05, 4.69) is 41.8 Å². The first kappa shape index (κ1) is 16.0. The van der Waals surface area contributed by atoms with Crippen molar-refractivity contribution in [3.8, 4) is 0 Å². The first-order valence-electron chi connectivity index (χ1n) is 9.70. The molecule has 1 aromatic rings. The minimum Gasteiger partial charge on any atom is -0.368 e. The molecule has 1 amide bonds. The number of amides is 1. The molecule has 1 saturated heterocycles. The predicted molar refractivity (Wildman–Crippen MR) is 98.3 cm³/mol. The summed E-state index contributed by atoms with van der Waals surface area (Å²) in [6.07, 6.45) is 6.33. The fourth-order valence-corrected chi connectivity index (χ4v) is 5.25. The van der Waals surface area contributed by atoms with E-state index in [1.165, 1.54) is 42.5 Å². The van der Waals surface area contributed by atoms with E-state index in [4.69, 9.17) is 0 Å². The highest BCUT2D eigenvalue weighted by Crippen LogP contribution is 2.49. The van der Waals surface area contributed by atoms with Crippen LogP contribution in [0.5, 0.6) is 0 Å². The Morgan fingerprint density at radius 3 is 2.54 bits per heavy atom. The zero-order chi connectivity index (χ0) is 16.7. The number of hydrogen-bond donors (Lipinski definition) is 0. The van der Waals surface area contributed by atoms with Crippen LogP contribution in [-0.2, 0) is 4.79 Å². The monoisotopic (exact) mass is 326 g/mol. The van der Waals surface area contributed by atoms with Crippen LogP contribution in [0, 0.1) is 31.6 Å². The first-order valence-corrected chi connectivity index (χ1v) is 9.70. The topological polar surface area (TPSA) is 23.6 Å². The standard InChI is InChI=1S/C21H30N2O/c1-15-4-3-5-20(16(15)2)22-8-10-23(11-9-22)21(24)14-19-13-17-6-7-18(19)12-17/h3-5,17-19H,6-14H2,1-2H3/t17-,18+,19+/m0/s1. The van der Waals surface area contributed by atoms with Crippen LogP contribution < -0.4 is 4.90 Å². The lowest BCUT2D eigenvalue weighted by Crippen LogP contribution is -2.49. The summed E-state index contributed by atoms with van der Waals surface area (Å²) in [6.45, 7) is 8.07. The van der Waals surface area contributed by atoms with E-state index in [1.807, 2.05) is 0 Å². The number of aryl methyl sites for hydroxylation is 1. The van der Waals surface area contributed by atoms with Gasteiger partial charge in [0.15, 0.2) is 0 Å². The second kappa shape index (κ2) is 6.42. The van der Waals surface area contributed by atoms with Gasteiger partial charge in [0.1, 0.15) is 0 Å². The molecule has 0 unspecified atom stereocenters. The van der Waals surface area contributed by atoms with E-state index in [0.29, 0.717) is 11.8 Å². The van der Waals surface area contributed by atoms with Crippen molar-refractivity contribution in [2.45, 2.75) is 46.0 Å². The molecule has 1 aromatic carbocycles. The Hall–Kier alpha value is -1.51. The molecular formula is C21H30N2O. The van der Waals surface area contributed by atoms with Crippen LogP contribution in [0.1, 0.15) is 43.2 Å². The van der Waals surface area contributed by atoms with Gasteiger partial charge in [0.2, 0.25) is 5.91 Å². The Kier molecular flexibility index (Phi) is 4.28. The van der Waals surface area contributed by atoms with Crippen LogP contribution in [0.2, 0.25) is 0 Å². The number of piperazine rings is 1. The van der Waals surface area contributed by atoms with E-state index >= 15 is 0 Å². The van der Waals surface area contributed by atoms with Gasteiger partial charge < -0.3 is 9.80 Å². The van der Waals surface area contributed by atoms with E-state index in [9.17, 15) is 4.79 Å². The molecule has 1 aliphatic heterocycles. The van der Waals surface area contributed by atoms with Crippen molar-refractivity contribution >= 4 is 11.6 Å². The summed E-state index contributed by atoms with van der Waals surface area (Å²) in [5, 5.41) is 0. The molecule has 3 aliphatic rings. The van der Waals surface area contributed by atoms with Gasteiger partial charge in [0.25, 0.3) is 0 Å². The number of nitrogens with zero attached hydrogens (tertiary/aromatic N) is 2. The third-order valence-corrected chi connectivity index (χ3v) is 6.87. The van der Waals surface area contributed by atoms with Crippen LogP contribution in [-0.4, -0.2) is 37.0 Å². The lowest BCUT2D eigenvalue weighted by molar-refractivity contribution is -0.132.